The first-order valence-electron chi connectivity index (χ1n) is 5.37. The normalized spacial score (nSPS) is 18.2. The second-order valence-corrected chi connectivity index (χ2v) is 4.58. The third-order valence-corrected chi connectivity index (χ3v) is 3.51. The first-order chi connectivity index (χ1) is 7.18. The monoisotopic (exact) mass is 224 g/mol. The van der Waals surface area contributed by atoms with Gasteiger partial charge in [-0.2, -0.15) is 0 Å². The largest absolute Gasteiger partial charge is 0.368 e. The van der Waals surface area contributed by atoms with Crippen LogP contribution >= 0.6 is 11.6 Å². The highest BCUT2D eigenvalue weighted by molar-refractivity contribution is 6.34. The summed E-state index contributed by atoms with van der Waals surface area (Å²) in [6, 6.07) is 6.25. The van der Waals surface area contributed by atoms with Crippen molar-refractivity contribution in [3.63, 3.8) is 0 Å². The maximum absolute atomic E-state index is 6.31. The minimum atomic E-state index is 0.905. The van der Waals surface area contributed by atoms with Crippen molar-refractivity contribution in [3.05, 3.63) is 28.8 Å². The maximum Gasteiger partial charge on any atom is 0.0668 e. The summed E-state index contributed by atoms with van der Waals surface area (Å²) in [4.78, 5) is 4.72. The summed E-state index contributed by atoms with van der Waals surface area (Å²) in [6.45, 7) is 6.43. The summed E-state index contributed by atoms with van der Waals surface area (Å²) in [5.41, 5.74) is 2.35. The van der Waals surface area contributed by atoms with E-state index in [-0.39, 0.29) is 0 Å². The van der Waals surface area contributed by atoms with Gasteiger partial charge in [-0.1, -0.05) is 23.7 Å². The lowest BCUT2D eigenvalue weighted by Gasteiger charge is -2.34. The number of piperazine rings is 1. The van der Waals surface area contributed by atoms with Crippen LogP contribution in [0.5, 0.6) is 0 Å². The van der Waals surface area contributed by atoms with Gasteiger partial charge < -0.3 is 9.80 Å². The third-order valence-electron chi connectivity index (χ3n) is 3.02. The number of hydrogen-bond donors (Lipinski definition) is 0. The molecule has 0 amide bonds. The van der Waals surface area contributed by atoms with Crippen molar-refractivity contribution in [2.24, 2.45) is 0 Å². The highest BCUT2D eigenvalue weighted by atomic mass is 35.5. The third kappa shape index (κ3) is 2.27. The molecule has 0 bridgehead atoms. The summed E-state index contributed by atoms with van der Waals surface area (Å²) >= 11 is 6.31. The van der Waals surface area contributed by atoms with Crippen LogP contribution < -0.4 is 4.90 Å². The molecule has 0 aliphatic carbocycles. The highest BCUT2D eigenvalue weighted by Gasteiger charge is 2.16. The minimum absolute atomic E-state index is 0.905. The van der Waals surface area contributed by atoms with Crippen LogP contribution in [0, 0.1) is 6.92 Å². The molecular formula is C12H17ClN2. The molecule has 1 saturated heterocycles. The molecule has 2 rings (SSSR count). The van der Waals surface area contributed by atoms with E-state index in [0.717, 1.165) is 36.8 Å². The number of rotatable bonds is 1. The van der Waals surface area contributed by atoms with Gasteiger partial charge >= 0.3 is 0 Å². The molecule has 0 saturated carbocycles. The average molecular weight is 225 g/mol. The molecule has 1 aromatic carbocycles. The number of nitrogens with zero attached hydrogens (tertiary/aromatic N) is 2. The van der Waals surface area contributed by atoms with E-state index in [9.17, 15) is 0 Å². The fourth-order valence-corrected chi connectivity index (χ4v) is 2.17. The lowest BCUT2D eigenvalue weighted by atomic mass is 10.2. The van der Waals surface area contributed by atoms with Crippen molar-refractivity contribution in [2.45, 2.75) is 6.92 Å². The van der Waals surface area contributed by atoms with Crippen LogP contribution in [-0.4, -0.2) is 38.1 Å². The van der Waals surface area contributed by atoms with Crippen LogP contribution in [-0.2, 0) is 0 Å². The lowest BCUT2D eigenvalue weighted by Crippen LogP contribution is -2.44. The predicted molar refractivity (Wildman–Crippen MR) is 65.9 cm³/mol. The second kappa shape index (κ2) is 4.42. The maximum atomic E-state index is 6.31. The first kappa shape index (κ1) is 10.8. The van der Waals surface area contributed by atoms with Gasteiger partial charge in [-0.3, -0.25) is 0 Å². The summed E-state index contributed by atoms with van der Waals surface area (Å²) < 4.78 is 0. The zero-order chi connectivity index (χ0) is 10.8. The van der Waals surface area contributed by atoms with Gasteiger partial charge in [0.25, 0.3) is 0 Å². The van der Waals surface area contributed by atoms with Crippen molar-refractivity contribution >= 4 is 17.3 Å². The zero-order valence-corrected chi connectivity index (χ0v) is 10.1. The molecule has 1 fully saturated rings. The topological polar surface area (TPSA) is 6.48 Å². The van der Waals surface area contributed by atoms with Gasteiger partial charge in [0.1, 0.15) is 0 Å². The first-order valence-corrected chi connectivity index (χ1v) is 5.75. The van der Waals surface area contributed by atoms with E-state index in [0.29, 0.717) is 0 Å². The van der Waals surface area contributed by atoms with E-state index in [1.807, 2.05) is 0 Å². The minimum Gasteiger partial charge on any atom is -0.368 e. The molecule has 0 aromatic heterocycles. The Balaban J connectivity index is 2.19. The van der Waals surface area contributed by atoms with Gasteiger partial charge in [0.15, 0.2) is 0 Å². The fourth-order valence-electron chi connectivity index (χ4n) is 1.92. The number of likely N-dealkylation sites (N-methyl/N-ethyl adjacent to an activating group) is 1. The molecule has 1 aliphatic heterocycles. The van der Waals surface area contributed by atoms with Crippen molar-refractivity contribution in [3.8, 4) is 0 Å². The van der Waals surface area contributed by atoms with Gasteiger partial charge in [-0.25, -0.2) is 0 Å². The molecule has 1 heterocycles. The van der Waals surface area contributed by atoms with Crippen LogP contribution in [0.1, 0.15) is 5.56 Å². The van der Waals surface area contributed by atoms with E-state index < -0.39 is 0 Å². The van der Waals surface area contributed by atoms with E-state index in [1.54, 1.807) is 0 Å². The number of halogens is 1. The Bertz CT molecular complexity index is 343. The van der Waals surface area contributed by atoms with E-state index in [4.69, 9.17) is 11.6 Å². The summed E-state index contributed by atoms with van der Waals surface area (Å²) in [7, 11) is 2.16. The molecule has 82 valence electrons. The fraction of sp³-hybridized carbons (Fsp3) is 0.500. The van der Waals surface area contributed by atoms with Crippen LogP contribution in [0.2, 0.25) is 5.02 Å². The number of anilines is 1. The zero-order valence-electron chi connectivity index (χ0n) is 9.33. The van der Waals surface area contributed by atoms with E-state index in [1.165, 1.54) is 5.69 Å². The van der Waals surface area contributed by atoms with E-state index in [2.05, 4.69) is 42.0 Å². The van der Waals surface area contributed by atoms with Gasteiger partial charge in [0, 0.05) is 26.2 Å². The van der Waals surface area contributed by atoms with Crippen LogP contribution in [0.4, 0.5) is 5.69 Å². The summed E-state index contributed by atoms with van der Waals surface area (Å²) in [6.07, 6.45) is 0. The Hall–Kier alpha value is -0.730. The van der Waals surface area contributed by atoms with Crippen LogP contribution in [0.3, 0.4) is 0 Å². The molecule has 1 aromatic rings. The van der Waals surface area contributed by atoms with Crippen molar-refractivity contribution < 1.29 is 0 Å². The molecule has 15 heavy (non-hydrogen) atoms. The smallest absolute Gasteiger partial charge is 0.0668 e. The Morgan fingerprint density at radius 3 is 2.47 bits per heavy atom. The Labute approximate surface area is 96.4 Å². The number of benzene rings is 1. The number of aryl methyl sites for hydroxylation is 1. The van der Waals surface area contributed by atoms with Crippen LogP contribution in [0.15, 0.2) is 18.2 Å². The molecule has 1 aliphatic rings. The SMILES string of the molecule is Cc1cccc(N2CCN(C)CC2)c1Cl. The molecule has 0 atom stereocenters. The van der Waals surface area contributed by atoms with Gasteiger partial charge in [-0.15, -0.1) is 0 Å². The lowest BCUT2D eigenvalue weighted by molar-refractivity contribution is 0.313. The molecule has 2 nitrogen and oxygen atoms in total. The molecule has 0 spiro atoms. The Kier molecular flexibility index (Phi) is 3.17. The van der Waals surface area contributed by atoms with Gasteiger partial charge in [0.05, 0.1) is 10.7 Å². The molecule has 0 N–H and O–H groups in total. The Morgan fingerprint density at radius 1 is 1.13 bits per heavy atom. The van der Waals surface area contributed by atoms with Gasteiger partial charge in [0.2, 0.25) is 0 Å². The Morgan fingerprint density at radius 2 is 1.80 bits per heavy atom. The molecule has 0 radical (unpaired) electrons. The van der Waals surface area contributed by atoms with Crippen molar-refractivity contribution in [1.29, 1.82) is 0 Å². The van der Waals surface area contributed by atoms with E-state index >= 15 is 0 Å². The quantitative estimate of drug-likeness (QED) is 0.723. The standard InChI is InChI=1S/C12H17ClN2/c1-10-4-3-5-11(12(10)13)15-8-6-14(2)7-9-15/h3-5H,6-9H2,1-2H3. The van der Waals surface area contributed by atoms with Gasteiger partial charge in [-0.05, 0) is 25.6 Å². The predicted octanol–water partition coefficient (Wildman–Crippen LogP) is 2.40. The molecule has 0 unspecified atom stereocenters. The summed E-state index contributed by atoms with van der Waals surface area (Å²) in [5.74, 6) is 0. The number of hydrogen-bond acceptors (Lipinski definition) is 2. The molecular weight excluding hydrogens is 208 g/mol. The average Bonchev–Trinajstić information content (AvgIpc) is 2.24. The van der Waals surface area contributed by atoms with Crippen molar-refractivity contribution in [1.82, 2.24) is 4.90 Å². The molecule has 3 heteroatoms. The van der Waals surface area contributed by atoms with Crippen LogP contribution in [0.25, 0.3) is 0 Å². The van der Waals surface area contributed by atoms with Crippen molar-refractivity contribution in [2.75, 3.05) is 38.1 Å². The highest BCUT2D eigenvalue weighted by Crippen LogP contribution is 2.29. The second-order valence-electron chi connectivity index (χ2n) is 4.20. The summed E-state index contributed by atoms with van der Waals surface area (Å²) in [5, 5.41) is 0.905.